The van der Waals surface area contributed by atoms with Gasteiger partial charge in [0.2, 0.25) is 5.75 Å². The van der Waals surface area contributed by atoms with Crippen molar-refractivity contribution in [3.05, 3.63) is 17.7 Å². The van der Waals surface area contributed by atoms with Gasteiger partial charge in [0.1, 0.15) is 0 Å². The van der Waals surface area contributed by atoms with E-state index in [-0.39, 0.29) is 24.0 Å². The third-order valence-electron chi connectivity index (χ3n) is 4.12. The molecule has 0 spiro atoms. The van der Waals surface area contributed by atoms with Crippen LogP contribution in [-0.4, -0.2) is 65.4 Å². The number of nitrogens with zero attached hydrogens (tertiary/aromatic N) is 2. The standard InChI is InChI=1S/C19H34N4O3.HI/c1-7-10-23(8-2)11-9-21-19(20-3)22-14-15-12-16(24-4)18(26-6)17(13-15)25-5;/h12-13H,7-11,14H2,1-6H3,(H2,20,21,22);1H. The Morgan fingerprint density at radius 2 is 1.63 bits per heavy atom. The van der Waals surface area contributed by atoms with Crippen molar-refractivity contribution in [3.63, 3.8) is 0 Å². The highest BCUT2D eigenvalue weighted by molar-refractivity contribution is 14.0. The first-order valence-corrected chi connectivity index (χ1v) is 9.09. The summed E-state index contributed by atoms with van der Waals surface area (Å²) in [7, 11) is 6.60. The zero-order valence-corrected chi connectivity index (χ0v) is 19.8. The molecule has 0 saturated carbocycles. The van der Waals surface area contributed by atoms with E-state index in [2.05, 4.69) is 34.4 Å². The molecule has 1 rings (SSSR count). The molecule has 0 aromatic heterocycles. The molecule has 7 nitrogen and oxygen atoms in total. The Balaban J connectivity index is 0.00000676. The van der Waals surface area contributed by atoms with Gasteiger partial charge in [-0.05, 0) is 37.2 Å². The monoisotopic (exact) mass is 494 g/mol. The molecule has 2 N–H and O–H groups in total. The van der Waals surface area contributed by atoms with Crippen molar-refractivity contribution >= 4 is 29.9 Å². The van der Waals surface area contributed by atoms with Gasteiger partial charge in [-0.25, -0.2) is 0 Å². The molecule has 0 aliphatic carbocycles. The molecule has 156 valence electrons. The van der Waals surface area contributed by atoms with Crippen LogP contribution in [0, 0.1) is 0 Å². The quantitative estimate of drug-likeness (QED) is 0.280. The minimum Gasteiger partial charge on any atom is -0.493 e. The SMILES string of the molecule is CCCN(CC)CCNC(=NC)NCc1cc(OC)c(OC)c(OC)c1.I. The van der Waals surface area contributed by atoms with Gasteiger partial charge < -0.3 is 29.7 Å². The largest absolute Gasteiger partial charge is 0.493 e. The molecule has 0 aliphatic rings. The molecule has 0 bridgehead atoms. The molecule has 0 aliphatic heterocycles. The first kappa shape index (κ1) is 25.6. The predicted molar refractivity (Wildman–Crippen MR) is 122 cm³/mol. The number of guanidine groups is 1. The van der Waals surface area contributed by atoms with Gasteiger partial charge in [-0.2, -0.15) is 0 Å². The Morgan fingerprint density at radius 1 is 1.00 bits per heavy atom. The Hall–Kier alpha value is -1.42. The average molecular weight is 494 g/mol. The normalized spacial score (nSPS) is 11.0. The van der Waals surface area contributed by atoms with Gasteiger partial charge in [-0.1, -0.05) is 13.8 Å². The first-order valence-electron chi connectivity index (χ1n) is 9.09. The number of likely N-dealkylation sites (N-methyl/N-ethyl adjacent to an activating group) is 1. The summed E-state index contributed by atoms with van der Waals surface area (Å²) in [5.41, 5.74) is 1.02. The minimum atomic E-state index is 0. The third kappa shape index (κ3) is 8.42. The van der Waals surface area contributed by atoms with E-state index in [9.17, 15) is 0 Å². The van der Waals surface area contributed by atoms with Crippen molar-refractivity contribution in [1.82, 2.24) is 15.5 Å². The van der Waals surface area contributed by atoms with Crippen LogP contribution in [0.1, 0.15) is 25.8 Å². The molecule has 0 heterocycles. The van der Waals surface area contributed by atoms with Gasteiger partial charge >= 0.3 is 0 Å². The van der Waals surface area contributed by atoms with Crippen LogP contribution < -0.4 is 24.8 Å². The van der Waals surface area contributed by atoms with Crippen molar-refractivity contribution in [3.8, 4) is 17.2 Å². The van der Waals surface area contributed by atoms with Crippen molar-refractivity contribution in [1.29, 1.82) is 0 Å². The highest BCUT2D eigenvalue weighted by Gasteiger charge is 2.13. The zero-order chi connectivity index (χ0) is 19.4. The van der Waals surface area contributed by atoms with E-state index in [1.165, 1.54) is 6.42 Å². The third-order valence-corrected chi connectivity index (χ3v) is 4.12. The maximum absolute atomic E-state index is 5.39. The van der Waals surface area contributed by atoms with Crippen LogP contribution in [0.2, 0.25) is 0 Å². The second-order valence-electron chi connectivity index (χ2n) is 5.82. The van der Waals surface area contributed by atoms with Crippen LogP contribution in [0.25, 0.3) is 0 Å². The van der Waals surface area contributed by atoms with Gasteiger partial charge in [-0.3, -0.25) is 4.99 Å². The lowest BCUT2D eigenvalue weighted by atomic mass is 10.2. The van der Waals surface area contributed by atoms with Crippen molar-refractivity contribution < 1.29 is 14.2 Å². The summed E-state index contributed by atoms with van der Waals surface area (Å²) in [6.45, 7) is 9.02. The number of methoxy groups -OCH3 is 3. The maximum atomic E-state index is 5.39. The lowest BCUT2D eigenvalue weighted by Crippen LogP contribution is -2.41. The van der Waals surface area contributed by atoms with Gasteiger partial charge in [0, 0.05) is 26.7 Å². The van der Waals surface area contributed by atoms with Gasteiger partial charge in [0.15, 0.2) is 17.5 Å². The molecular weight excluding hydrogens is 459 g/mol. The van der Waals surface area contributed by atoms with Gasteiger partial charge in [-0.15, -0.1) is 24.0 Å². The summed E-state index contributed by atoms with van der Waals surface area (Å²) in [6.07, 6.45) is 1.17. The van der Waals surface area contributed by atoms with E-state index >= 15 is 0 Å². The van der Waals surface area contributed by atoms with E-state index < -0.39 is 0 Å². The summed E-state index contributed by atoms with van der Waals surface area (Å²) >= 11 is 0. The maximum Gasteiger partial charge on any atom is 0.203 e. The Morgan fingerprint density at radius 3 is 2.07 bits per heavy atom. The fraction of sp³-hybridized carbons (Fsp3) is 0.632. The Kier molecular flexibility index (Phi) is 13.8. The fourth-order valence-corrected chi connectivity index (χ4v) is 2.72. The molecule has 8 heteroatoms. The van der Waals surface area contributed by atoms with Crippen LogP contribution in [0.3, 0.4) is 0 Å². The van der Waals surface area contributed by atoms with E-state index in [0.29, 0.717) is 23.8 Å². The Bertz CT molecular complexity index is 545. The van der Waals surface area contributed by atoms with Gasteiger partial charge in [0.05, 0.1) is 21.3 Å². The fourth-order valence-electron chi connectivity index (χ4n) is 2.72. The summed E-state index contributed by atoms with van der Waals surface area (Å²) in [5, 5.41) is 6.67. The molecule has 0 atom stereocenters. The van der Waals surface area contributed by atoms with Crippen LogP contribution >= 0.6 is 24.0 Å². The van der Waals surface area contributed by atoms with Crippen LogP contribution in [-0.2, 0) is 6.54 Å². The Labute approximate surface area is 180 Å². The second-order valence-corrected chi connectivity index (χ2v) is 5.82. The van der Waals surface area contributed by atoms with Crippen LogP contribution in [0.5, 0.6) is 17.2 Å². The second kappa shape index (κ2) is 14.6. The number of rotatable bonds is 11. The van der Waals surface area contributed by atoms with Gasteiger partial charge in [0.25, 0.3) is 0 Å². The highest BCUT2D eigenvalue weighted by Crippen LogP contribution is 2.38. The van der Waals surface area contributed by atoms with E-state index in [0.717, 1.165) is 37.7 Å². The molecular formula is C19H35IN4O3. The molecule has 0 fully saturated rings. The summed E-state index contributed by atoms with van der Waals surface area (Å²) in [4.78, 5) is 6.70. The highest BCUT2D eigenvalue weighted by atomic mass is 127. The summed E-state index contributed by atoms with van der Waals surface area (Å²) in [6, 6.07) is 3.86. The summed E-state index contributed by atoms with van der Waals surface area (Å²) in [5.74, 6) is 2.65. The van der Waals surface area contributed by atoms with E-state index in [1.807, 2.05) is 12.1 Å². The molecule has 1 aromatic carbocycles. The van der Waals surface area contributed by atoms with Crippen LogP contribution in [0.15, 0.2) is 17.1 Å². The smallest absolute Gasteiger partial charge is 0.203 e. The number of halogens is 1. The predicted octanol–water partition coefficient (Wildman–Crippen LogP) is 2.73. The molecule has 27 heavy (non-hydrogen) atoms. The number of hydrogen-bond donors (Lipinski definition) is 2. The number of ether oxygens (including phenoxy) is 3. The molecule has 1 aromatic rings. The summed E-state index contributed by atoms with van der Waals surface area (Å²) < 4.78 is 16.1. The molecule has 0 saturated heterocycles. The van der Waals surface area contributed by atoms with Crippen molar-refractivity contribution in [2.75, 3.05) is 54.6 Å². The minimum absolute atomic E-state index is 0. The lowest BCUT2D eigenvalue weighted by Gasteiger charge is -2.20. The number of hydrogen-bond acceptors (Lipinski definition) is 5. The molecule has 0 radical (unpaired) electrons. The van der Waals surface area contributed by atoms with Crippen molar-refractivity contribution in [2.24, 2.45) is 4.99 Å². The molecule has 0 unspecified atom stereocenters. The number of benzene rings is 1. The molecule has 0 amide bonds. The average Bonchev–Trinajstić information content (AvgIpc) is 2.68. The number of nitrogens with one attached hydrogen (secondary N) is 2. The van der Waals surface area contributed by atoms with E-state index in [4.69, 9.17) is 14.2 Å². The van der Waals surface area contributed by atoms with E-state index in [1.54, 1.807) is 28.4 Å². The zero-order valence-electron chi connectivity index (χ0n) is 17.4. The topological polar surface area (TPSA) is 67.4 Å². The van der Waals surface area contributed by atoms with Crippen molar-refractivity contribution in [2.45, 2.75) is 26.8 Å². The lowest BCUT2D eigenvalue weighted by molar-refractivity contribution is 0.293. The first-order chi connectivity index (χ1) is 12.6. The van der Waals surface area contributed by atoms with Crippen LogP contribution in [0.4, 0.5) is 0 Å². The number of aliphatic imine (C=N–C) groups is 1.